The Labute approximate surface area is 202 Å². The van der Waals surface area contributed by atoms with Crippen LogP contribution >= 0.6 is 24.0 Å². The van der Waals surface area contributed by atoms with E-state index in [1.165, 1.54) is 5.56 Å². The highest BCUT2D eigenvalue weighted by molar-refractivity contribution is 14.0. The summed E-state index contributed by atoms with van der Waals surface area (Å²) in [7, 11) is 1.81. The van der Waals surface area contributed by atoms with E-state index in [-0.39, 0.29) is 29.9 Å². The van der Waals surface area contributed by atoms with E-state index in [4.69, 9.17) is 0 Å². The van der Waals surface area contributed by atoms with Crippen LogP contribution in [0.15, 0.2) is 59.9 Å². The molecule has 1 fully saturated rings. The van der Waals surface area contributed by atoms with Gasteiger partial charge in [-0.2, -0.15) is 0 Å². The Hall–Kier alpha value is -2.20. The molecule has 7 nitrogen and oxygen atoms in total. The molecule has 0 aliphatic carbocycles. The molecule has 1 aliphatic rings. The van der Waals surface area contributed by atoms with Crippen LogP contribution in [0, 0.1) is 0 Å². The largest absolute Gasteiger partial charge is 0.354 e. The first-order chi connectivity index (χ1) is 14.7. The Balaban J connectivity index is 0.00000341. The molecule has 0 saturated carbocycles. The number of rotatable bonds is 7. The smallest absolute Gasteiger partial charge is 0.252 e. The first kappa shape index (κ1) is 25.1. The van der Waals surface area contributed by atoms with Crippen molar-refractivity contribution < 1.29 is 4.79 Å². The summed E-state index contributed by atoms with van der Waals surface area (Å²) in [5, 5.41) is 6.27. The molecule has 1 unspecified atom stereocenters. The maximum absolute atomic E-state index is 12.1. The maximum atomic E-state index is 12.1. The van der Waals surface area contributed by atoms with E-state index in [1.807, 2.05) is 7.05 Å². The Morgan fingerprint density at radius 3 is 2.39 bits per heavy atom. The van der Waals surface area contributed by atoms with E-state index in [1.54, 1.807) is 24.5 Å². The second-order valence-electron chi connectivity index (χ2n) is 7.33. The topological polar surface area (TPSA) is 72.9 Å². The number of pyridine rings is 1. The van der Waals surface area contributed by atoms with Gasteiger partial charge in [0.1, 0.15) is 0 Å². The minimum absolute atomic E-state index is 0. The number of carbonyl (C=O) groups is 1. The lowest BCUT2D eigenvalue weighted by molar-refractivity contribution is 0.0953. The zero-order chi connectivity index (χ0) is 21.2. The summed E-state index contributed by atoms with van der Waals surface area (Å²) in [5.74, 6) is 0.776. The molecule has 1 amide bonds. The molecule has 1 aliphatic heterocycles. The van der Waals surface area contributed by atoms with E-state index in [9.17, 15) is 4.79 Å². The molecule has 2 heterocycles. The molecule has 3 rings (SSSR count). The monoisotopic (exact) mass is 536 g/mol. The van der Waals surface area contributed by atoms with Crippen molar-refractivity contribution in [2.75, 3.05) is 46.3 Å². The first-order valence-electron chi connectivity index (χ1n) is 10.7. The first-order valence-corrected chi connectivity index (χ1v) is 10.7. The zero-order valence-electron chi connectivity index (χ0n) is 18.3. The van der Waals surface area contributed by atoms with Gasteiger partial charge in [0.05, 0.1) is 5.56 Å². The number of nitrogens with zero attached hydrogens (tertiary/aromatic N) is 4. The van der Waals surface area contributed by atoms with Gasteiger partial charge in [-0.1, -0.05) is 37.3 Å². The fourth-order valence-corrected chi connectivity index (χ4v) is 3.91. The second-order valence-corrected chi connectivity index (χ2v) is 7.33. The average molecular weight is 536 g/mol. The van der Waals surface area contributed by atoms with Crippen LogP contribution in [-0.2, 0) is 0 Å². The molecule has 0 spiro atoms. The number of hydrogen-bond acceptors (Lipinski definition) is 4. The van der Waals surface area contributed by atoms with Crippen LogP contribution in [-0.4, -0.2) is 73.0 Å². The van der Waals surface area contributed by atoms with Crippen molar-refractivity contribution in [2.24, 2.45) is 4.99 Å². The normalized spacial score (nSPS) is 15.7. The SMILES string of the molecule is CCC(c1ccccc1)N1CCN(C(=NC)NCCNC(=O)c2cccnc2)CC1.I. The number of halogens is 1. The fraction of sp³-hybridized carbons (Fsp3) is 0.435. The zero-order valence-corrected chi connectivity index (χ0v) is 20.7. The van der Waals surface area contributed by atoms with Gasteiger partial charge in [0, 0.05) is 64.8 Å². The second kappa shape index (κ2) is 13.3. The molecule has 0 radical (unpaired) electrons. The summed E-state index contributed by atoms with van der Waals surface area (Å²) in [4.78, 5) is 25.3. The summed E-state index contributed by atoms with van der Waals surface area (Å²) in [6.45, 7) is 7.29. The molecule has 2 N–H and O–H groups in total. The van der Waals surface area contributed by atoms with Gasteiger partial charge in [0.15, 0.2) is 5.96 Å². The third-order valence-electron chi connectivity index (χ3n) is 5.45. The number of carbonyl (C=O) groups excluding carboxylic acids is 1. The van der Waals surface area contributed by atoms with Crippen molar-refractivity contribution >= 4 is 35.8 Å². The van der Waals surface area contributed by atoms with Gasteiger partial charge >= 0.3 is 0 Å². The molecule has 2 aromatic rings. The number of guanidine groups is 1. The molecule has 31 heavy (non-hydrogen) atoms. The molecule has 0 bridgehead atoms. The predicted molar refractivity (Wildman–Crippen MR) is 136 cm³/mol. The Kier molecular flexibility index (Phi) is 10.7. The highest BCUT2D eigenvalue weighted by atomic mass is 127. The van der Waals surface area contributed by atoms with Crippen LogP contribution in [0.1, 0.15) is 35.3 Å². The van der Waals surface area contributed by atoms with Crippen molar-refractivity contribution in [2.45, 2.75) is 19.4 Å². The molecule has 1 aromatic carbocycles. The predicted octanol–water partition coefficient (Wildman–Crippen LogP) is 2.77. The van der Waals surface area contributed by atoms with Crippen LogP contribution in [0.4, 0.5) is 0 Å². The van der Waals surface area contributed by atoms with Gasteiger partial charge in [-0.3, -0.25) is 19.7 Å². The summed E-state index contributed by atoms with van der Waals surface area (Å²) in [6, 6.07) is 14.7. The van der Waals surface area contributed by atoms with Crippen molar-refractivity contribution in [1.29, 1.82) is 0 Å². The van der Waals surface area contributed by atoms with Gasteiger partial charge < -0.3 is 15.5 Å². The summed E-state index contributed by atoms with van der Waals surface area (Å²) in [5.41, 5.74) is 1.96. The molecular weight excluding hydrogens is 503 g/mol. The number of aliphatic imine (C=N–C) groups is 1. The molecule has 168 valence electrons. The van der Waals surface area contributed by atoms with Crippen molar-refractivity contribution in [3.05, 3.63) is 66.0 Å². The third-order valence-corrected chi connectivity index (χ3v) is 5.45. The van der Waals surface area contributed by atoms with Crippen LogP contribution < -0.4 is 10.6 Å². The van der Waals surface area contributed by atoms with Crippen LogP contribution in [0.5, 0.6) is 0 Å². The number of amides is 1. The summed E-state index contributed by atoms with van der Waals surface area (Å²) < 4.78 is 0. The number of benzene rings is 1. The summed E-state index contributed by atoms with van der Waals surface area (Å²) >= 11 is 0. The van der Waals surface area contributed by atoms with Crippen LogP contribution in [0.2, 0.25) is 0 Å². The molecule has 1 atom stereocenters. The van der Waals surface area contributed by atoms with Crippen molar-refractivity contribution in [3.63, 3.8) is 0 Å². The number of aromatic nitrogens is 1. The highest BCUT2D eigenvalue weighted by Gasteiger charge is 2.25. The van der Waals surface area contributed by atoms with Crippen molar-refractivity contribution in [3.8, 4) is 0 Å². The van der Waals surface area contributed by atoms with Gasteiger partial charge in [-0.05, 0) is 24.1 Å². The van der Waals surface area contributed by atoms with Crippen molar-refractivity contribution in [1.82, 2.24) is 25.4 Å². The Morgan fingerprint density at radius 1 is 1.06 bits per heavy atom. The number of nitrogens with one attached hydrogen (secondary N) is 2. The van der Waals surface area contributed by atoms with E-state index in [2.05, 4.69) is 67.7 Å². The van der Waals surface area contributed by atoms with Gasteiger partial charge in [-0.15, -0.1) is 24.0 Å². The lowest BCUT2D eigenvalue weighted by Crippen LogP contribution is -2.53. The van der Waals surface area contributed by atoms with E-state index < -0.39 is 0 Å². The summed E-state index contributed by atoms with van der Waals surface area (Å²) in [6.07, 6.45) is 4.33. The maximum Gasteiger partial charge on any atom is 0.252 e. The van der Waals surface area contributed by atoms with E-state index in [0.717, 1.165) is 38.6 Å². The standard InChI is InChI=1S/C23H32N6O.HI/c1-3-21(19-8-5-4-6-9-19)28-14-16-29(17-15-28)23(24-2)27-13-12-26-22(30)20-10-7-11-25-18-20;/h4-11,18,21H,3,12-17H2,1-2H3,(H,24,27)(H,26,30);1H. The number of hydrogen-bond donors (Lipinski definition) is 2. The molecule has 1 saturated heterocycles. The quantitative estimate of drug-likeness (QED) is 0.247. The minimum Gasteiger partial charge on any atom is -0.354 e. The minimum atomic E-state index is -0.111. The average Bonchev–Trinajstić information content (AvgIpc) is 2.81. The lowest BCUT2D eigenvalue weighted by atomic mass is 10.0. The van der Waals surface area contributed by atoms with Gasteiger partial charge in [-0.25, -0.2) is 0 Å². The van der Waals surface area contributed by atoms with Gasteiger partial charge in [0.2, 0.25) is 0 Å². The Morgan fingerprint density at radius 2 is 1.77 bits per heavy atom. The molecule has 1 aromatic heterocycles. The third kappa shape index (κ3) is 7.17. The van der Waals surface area contributed by atoms with E-state index >= 15 is 0 Å². The molecular formula is C23H33IN6O. The van der Waals surface area contributed by atoms with E-state index in [0.29, 0.717) is 24.7 Å². The van der Waals surface area contributed by atoms with Crippen LogP contribution in [0.3, 0.4) is 0 Å². The molecule has 8 heteroatoms. The van der Waals surface area contributed by atoms with Crippen LogP contribution in [0.25, 0.3) is 0 Å². The van der Waals surface area contributed by atoms with Gasteiger partial charge in [0.25, 0.3) is 5.91 Å². The fourth-order valence-electron chi connectivity index (χ4n) is 3.91. The Bertz CT molecular complexity index is 809. The number of piperazine rings is 1. The lowest BCUT2D eigenvalue weighted by Gasteiger charge is -2.40. The highest BCUT2D eigenvalue weighted by Crippen LogP contribution is 2.25.